The number of nitrogens with zero attached hydrogens (tertiary/aromatic N) is 3. The van der Waals surface area contributed by atoms with Gasteiger partial charge in [-0.05, 0) is 38.4 Å². The SMILES string of the molecule is CC(=O)c1cc(CC2CCN(C)C2)nn1C. The number of carbonyl (C=O) groups excluding carboxylic acids is 1. The van der Waals surface area contributed by atoms with Crippen LogP contribution >= 0.6 is 0 Å². The van der Waals surface area contributed by atoms with E-state index in [9.17, 15) is 4.79 Å². The fraction of sp³-hybridized carbons (Fsp3) is 0.667. The second-order valence-corrected chi connectivity index (χ2v) is 4.82. The molecular formula is C12H19N3O. The van der Waals surface area contributed by atoms with Crippen LogP contribution in [0.2, 0.25) is 0 Å². The predicted molar refractivity (Wildman–Crippen MR) is 62.5 cm³/mol. The van der Waals surface area contributed by atoms with Gasteiger partial charge >= 0.3 is 0 Å². The Balaban J connectivity index is 2.05. The number of aromatic nitrogens is 2. The first-order valence-corrected chi connectivity index (χ1v) is 5.78. The molecule has 16 heavy (non-hydrogen) atoms. The lowest BCUT2D eigenvalue weighted by molar-refractivity contribution is 0.100. The summed E-state index contributed by atoms with van der Waals surface area (Å²) >= 11 is 0. The summed E-state index contributed by atoms with van der Waals surface area (Å²) in [6.45, 7) is 3.91. The highest BCUT2D eigenvalue weighted by atomic mass is 16.1. The Kier molecular flexibility index (Phi) is 3.10. The Morgan fingerprint density at radius 3 is 2.81 bits per heavy atom. The van der Waals surface area contributed by atoms with Crippen LogP contribution in [-0.2, 0) is 13.5 Å². The average molecular weight is 221 g/mol. The summed E-state index contributed by atoms with van der Waals surface area (Å²) in [5.74, 6) is 0.782. The van der Waals surface area contributed by atoms with E-state index < -0.39 is 0 Å². The van der Waals surface area contributed by atoms with Crippen LogP contribution in [0.4, 0.5) is 0 Å². The Labute approximate surface area is 96.2 Å². The zero-order valence-electron chi connectivity index (χ0n) is 10.2. The third-order valence-electron chi connectivity index (χ3n) is 3.28. The minimum atomic E-state index is 0.0878. The van der Waals surface area contributed by atoms with Crippen molar-refractivity contribution < 1.29 is 4.79 Å². The van der Waals surface area contributed by atoms with Crippen LogP contribution in [0, 0.1) is 5.92 Å². The molecule has 2 rings (SSSR count). The second kappa shape index (κ2) is 4.37. The molecular weight excluding hydrogens is 202 g/mol. The summed E-state index contributed by atoms with van der Waals surface area (Å²) in [6, 6.07) is 1.93. The van der Waals surface area contributed by atoms with E-state index in [4.69, 9.17) is 0 Å². The molecule has 2 heterocycles. The fourth-order valence-electron chi connectivity index (χ4n) is 2.44. The van der Waals surface area contributed by atoms with Gasteiger partial charge in [-0.3, -0.25) is 9.48 Å². The van der Waals surface area contributed by atoms with Crippen molar-refractivity contribution in [1.82, 2.24) is 14.7 Å². The predicted octanol–water partition coefficient (Wildman–Crippen LogP) is 1.12. The van der Waals surface area contributed by atoms with Gasteiger partial charge < -0.3 is 4.90 Å². The van der Waals surface area contributed by atoms with Crippen molar-refractivity contribution in [3.05, 3.63) is 17.5 Å². The largest absolute Gasteiger partial charge is 0.306 e. The van der Waals surface area contributed by atoms with Crippen LogP contribution in [0.5, 0.6) is 0 Å². The molecule has 1 atom stereocenters. The number of aryl methyl sites for hydroxylation is 1. The molecule has 4 heteroatoms. The number of hydrogen-bond acceptors (Lipinski definition) is 3. The van der Waals surface area contributed by atoms with Crippen LogP contribution in [0.25, 0.3) is 0 Å². The highest BCUT2D eigenvalue weighted by molar-refractivity contribution is 5.92. The van der Waals surface area contributed by atoms with Crippen molar-refractivity contribution in [3.8, 4) is 0 Å². The summed E-state index contributed by atoms with van der Waals surface area (Å²) in [7, 11) is 3.99. The highest BCUT2D eigenvalue weighted by Crippen LogP contribution is 2.19. The normalized spacial score (nSPS) is 21.6. The van der Waals surface area contributed by atoms with E-state index >= 15 is 0 Å². The molecule has 88 valence electrons. The van der Waals surface area contributed by atoms with Crippen LogP contribution in [0.15, 0.2) is 6.07 Å². The monoisotopic (exact) mass is 221 g/mol. The van der Waals surface area contributed by atoms with Gasteiger partial charge in [-0.1, -0.05) is 0 Å². The van der Waals surface area contributed by atoms with Crippen molar-refractivity contribution in [2.24, 2.45) is 13.0 Å². The first-order chi connectivity index (χ1) is 7.56. The molecule has 1 saturated heterocycles. The smallest absolute Gasteiger partial charge is 0.177 e. The van der Waals surface area contributed by atoms with Crippen molar-refractivity contribution >= 4 is 5.78 Å². The van der Waals surface area contributed by atoms with E-state index in [-0.39, 0.29) is 5.78 Å². The number of ketones is 1. The molecule has 0 N–H and O–H groups in total. The Bertz CT molecular complexity index is 397. The molecule has 0 radical (unpaired) electrons. The minimum absolute atomic E-state index is 0.0878. The van der Waals surface area contributed by atoms with Gasteiger partial charge in [0.2, 0.25) is 0 Å². The molecule has 0 saturated carbocycles. The average Bonchev–Trinajstić information content (AvgIpc) is 2.73. The van der Waals surface area contributed by atoms with E-state index in [0.29, 0.717) is 11.6 Å². The third kappa shape index (κ3) is 2.32. The molecule has 0 aromatic carbocycles. The molecule has 1 aromatic rings. The van der Waals surface area contributed by atoms with Gasteiger partial charge in [0, 0.05) is 20.5 Å². The lowest BCUT2D eigenvalue weighted by atomic mass is 10.0. The highest BCUT2D eigenvalue weighted by Gasteiger charge is 2.21. The maximum atomic E-state index is 11.3. The number of likely N-dealkylation sites (tertiary alicyclic amines) is 1. The first-order valence-electron chi connectivity index (χ1n) is 5.78. The van der Waals surface area contributed by atoms with Gasteiger partial charge in [-0.25, -0.2) is 0 Å². The second-order valence-electron chi connectivity index (χ2n) is 4.82. The Morgan fingerprint density at radius 1 is 1.56 bits per heavy atom. The van der Waals surface area contributed by atoms with E-state index in [0.717, 1.165) is 18.7 Å². The van der Waals surface area contributed by atoms with Crippen LogP contribution in [-0.4, -0.2) is 40.6 Å². The summed E-state index contributed by atoms with van der Waals surface area (Å²) in [5, 5.41) is 4.40. The van der Waals surface area contributed by atoms with E-state index in [2.05, 4.69) is 17.0 Å². The van der Waals surface area contributed by atoms with Crippen LogP contribution in [0.1, 0.15) is 29.5 Å². The lowest BCUT2D eigenvalue weighted by Gasteiger charge is -2.07. The molecule has 0 bridgehead atoms. The Morgan fingerprint density at radius 2 is 2.31 bits per heavy atom. The van der Waals surface area contributed by atoms with Crippen molar-refractivity contribution in [3.63, 3.8) is 0 Å². The van der Waals surface area contributed by atoms with E-state index in [1.165, 1.54) is 13.0 Å². The van der Waals surface area contributed by atoms with E-state index in [1.807, 2.05) is 13.1 Å². The first kappa shape index (κ1) is 11.3. The third-order valence-corrected chi connectivity index (χ3v) is 3.28. The Hall–Kier alpha value is -1.16. The van der Waals surface area contributed by atoms with E-state index in [1.54, 1.807) is 11.6 Å². The summed E-state index contributed by atoms with van der Waals surface area (Å²) in [4.78, 5) is 13.6. The maximum absolute atomic E-state index is 11.3. The van der Waals surface area contributed by atoms with Crippen molar-refractivity contribution in [1.29, 1.82) is 0 Å². The zero-order chi connectivity index (χ0) is 11.7. The summed E-state index contributed by atoms with van der Waals surface area (Å²) in [6.07, 6.45) is 2.23. The van der Waals surface area contributed by atoms with Crippen LogP contribution < -0.4 is 0 Å². The van der Waals surface area contributed by atoms with Gasteiger partial charge in [-0.2, -0.15) is 5.10 Å². The van der Waals surface area contributed by atoms with Gasteiger partial charge in [0.15, 0.2) is 5.78 Å². The van der Waals surface area contributed by atoms with Gasteiger partial charge in [-0.15, -0.1) is 0 Å². The standard InChI is InChI=1S/C12H19N3O/c1-9(16)12-7-11(13-15(12)3)6-10-4-5-14(2)8-10/h7,10H,4-6,8H2,1-3H3. The molecule has 1 aromatic heterocycles. The molecule has 1 fully saturated rings. The number of rotatable bonds is 3. The lowest BCUT2D eigenvalue weighted by Crippen LogP contribution is -2.15. The topological polar surface area (TPSA) is 38.1 Å². The molecule has 1 aliphatic rings. The minimum Gasteiger partial charge on any atom is -0.306 e. The van der Waals surface area contributed by atoms with Crippen molar-refractivity contribution in [2.45, 2.75) is 19.8 Å². The molecule has 0 amide bonds. The number of carbonyl (C=O) groups is 1. The quantitative estimate of drug-likeness (QED) is 0.718. The van der Waals surface area contributed by atoms with Crippen LogP contribution in [0.3, 0.4) is 0 Å². The van der Waals surface area contributed by atoms with Gasteiger partial charge in [0.1, 0.15) is 5.69 Å². The van der Waals surface area contributed by atoms with Gasteiger partial charge in [0.25, 0.3) is 0 Å². The molecule has 4 nitrogen and oxygen atoms in total. The number of hydrogen-bond donors (Lipinski definition) is 0. The summed E-state index contributed by atoms with van der Waals surface area (Å²) in [5.41, 5.74) is 1.76. The number of Topliss-reactive ketones (excluding diaryl/α,β-unsaturated/α-hetero) is 1. The molecule has 0 spiro atoms. The maximum Gasteiger partial charge on any atom is 0.177 e. The van der Waals surface area contributed by atoms with Gasteiger partial charge in [0.05, 0.1) is 5.69 Å². The summed E-state index contributed by atoms with van der Waals surface area (Å²) < 4.78 is 1.69. The van der Waals surface area contributed by atoms with Crippen molar-refractivity contribution in [2.75, 3.05) is 20.1 Å². The fourth-order valence-corrected chi connectivity index (χ4v) is 2.44. The molecule has 1 unspecified atom stereocenters. The zero-order valence-corrected chi connectivity index (χ0v) is 10.2. The molecule has 1 aliphatic heterocycles. The molecule has 0 aliphatic carbocycles.